The molecule has 2 rings (SSSR count). The third-order valence-electron chi connectivity index (χ3n) is 3.48. The molecule has 1 aromatic rings. The average Bonchev–Trinajstić information content (AvgIpc) is 2.61. The lowest BCUT2D eigenvalue weighted by Crippen LogP contribution is -2.29. The van der Waals surface area contributed by atoms with Crippen LogP contribution in [0.25, 0.3) is 0 Å². The van der Waals surface area contributed by atoms with E-state index in [-0.39, 0.29) is 5.92 Å². The van der Waals surface area contributed by atoms with Crippen LogP contribution in [-0.2, 0) is 11.2 Å². The van der Waals surface area contributed by atoms with E-state index in [2.05, 4.69) is 6.92 Å². The van der Waals surface area contributed by atoms with Crippen molar-refractivity contribution in [3.8, 4) is 11.5 Å². The molecule has 2 unspecified atom stereocenters. The van der Waals surface area contributed by atoms with Crippen LogP contribution in [0, 0.1) is 11.8 Å². The number of ether oxygens (including phenoxy) is 2. The molecule has 1 heterocycles. The summed E-state index contributed by atoms with van der Waals surface area (Å²) in [7, 11) is 0. The van der Waals surface area contributed by atoms with Crippen LogP contribution in [-0.4, -0.2) is 16.9 Å². The molecule has 0 amide bonds. The third kappa shape index (κ3) is 3.44. The van der Waals surface area contributed by atoms with E-state index in [1.54, 1.807) is 6.92 Å². The van der Waals surface area contributed by atoms with Crippen LogP contribution < -0.4 is 9.47 Å². The highest BCUT2D eigenvalue weighted by Gasteiger charge is 2.31. The van der Waals surface area contributed by atoms with Crippen LogP contribution in [0.15, 0.2) is 18.2 Å². The molecule has 0 saturated carbocycles. The van der Waals surface area contributed by atoms with Crippen LogP contribution in [0.3, 0.4) is 0 Å². The number of aliphatic carboxylic acids is 1. The van der Waals surface area contributed by atoms with Gasteiger partial charge in [0, 0.05) is 13.8 Å². The quantitative estimate of drug-likeness (QED) is 0.895. The molecule has 1 N–H and O–H groups in total. The molecular weight excluding hydrogens is 256 g/mol. The maximum Gasteiger partial charge on any atom is 0.306 e. The molecule has 0 aliphatic carbocycles. The van der Waals surface area contributed by atoms with E-state index in [0.29, 0.717) is 12.3 Å². The molecule has 1 aliphatic heterocycles. The number of hydrogen-bond donors (Lipinski definition) is 1. The second-order valence-corrected chi connectivity index (χ2v) is 6.17. The molecule has 0 radical (unpaired) electrons. The van der Waals surface area contributed by atoms with Crippen LogP contribution in [0.4, 0.5) is 0 Å². The summed E-state index contributed by atoms with van der Waals surface area (Å²) in [5, 5.41) is 8.94. The van der Waals surface area contributed by atoms with Crippen LogP contribution in [0.1, 0.15) is 39.7 Å². The van der Waals surface area contributed by atoms with Gasteiger partial charge in [-0.05, 0) is 36.5 Å². The highest BCUT2D eigenvalue weighted by molar-refractivity contribution is 5.69. The summed E-state index contributed by atoms with van der Waals surface area (Å²) >= 11 is 0. The molecule has 0 bridgehead atoms. The van der Waals surface area contributed by atoms with Gasteiger partial charge in [-0.15, -0.1) is 0 Å². The third-order valence-corrected chi connectivity index (χ3v) is 3.48. The molecule has 0 fully saturated rings. The fourth-order valence-corrected chi connectivity index (χ4v) is 2.58. The molecule has 4 nitrogen and oxygen atoms in total. The Bertz CT molecular complexity index is 507. The normalized spacial score (nSPS) is 18.6. The molecule has 2 atom stereocenters. The van der Waals surface area contributed by atoms with Gasteiger partial charge in [0.05, 0.1) is 5.92 Å². The van der Waals surface area contributed by atoms with E-state index in [1.165, 1.54) is 0 Å². The lowest BCUT2D eigenvalue weighted by Gasteiger charge is -2.16. The van der Waals surface area contributed by atoms with Crippen LogP contribution in [0.5, 0.6) is 11.5 Å². The van der Waals surface area contributed by atoms with Crippen molar-refractivity contribution in [3.05, 3.63) is 23.8 Å². The molecule has 4 heteroatoms. The van der Waals surface area contributed by atoms with Gasteiger partial charge in [-0.1, -0.05) is 19.9 Å². The molecule has 1 aliphatic rings. The van der Waals surface area contributed by atoms with Crippen molar-refractivity contribution in [3.63, 3.8) is 0 Å². The number of rotatable bonds is 5. The van der Waals surface area contributed by atoms with Gasteiger partial charge in [0.2, 0.25) is 5.79 Å². The second-order valence-electron chi connectivity index (χ2n) is 6.17. The highest BCUT2D eigenvalue weighted by atomic mass is 16.7. The van der Waals surface area contributed by atoms with E-state index >= 15 is 0 Å². The number of carboxylic acids is 1. The van der Waals surface area contributed by atoms with Gasteiger partial charge in [0.25, 0.3) is 0 Å². The molecule has 0 aromatic heterocycles. The van der Waals surface area contributed by atoms with Crippen LogP contribution >= 0.6 is 0 Å². The standard InChI is InChI=1S/C16H22O4/c1-10(7-11(2)15(17)18)8-12-5-6-13-14(9-12)20-16(3,4)19-13/h5-6,9-11H,7-8H2,1-4H3,(H,17,18). The fraction of sp³-hybridized carbons (Fsp3) is 0.562. The maximum atomic E-state index is 10.9. The first-order chi connectivity index (χ1) is 9.27. The lowest BCUT2D eigenvalue weighted by atomic mass is 9.91. The Morgan fingerprint density at radius 1 is 1.25 bits per heavy atom. The van der Waals surface area contributed by atoms with Crippen molar-refractivity contribution in [2.45, 2.75) is 46.3 Å². The minimum absolute atomic E-state index is 0.307. The Balaban J connectivity index is 2.00. The summed E-state index contributed by atoms with van der Waals surface area (Å²) in [6, 6.07) is 5.93. The number of fused-ring (bicyclic) bond motifs is 1. The average molecular weight is 278 g/mol. The maximum absolute atomic E-state index is 10.9. The van der Waals surface area contributed by atoms with Gasteiger partial charge in [0.1, 0.15) is 0 Å². The van der Waals surface area contributed by atoms with E-state index in [9.17, 15) is 4.79 Å². The van der Waals surface area contributed by atoms with E-state index in [4.69, 9.17) is 14.6 Å². The summed E-state index contributed by atoms with van der Waals surface area (Å²) < 4.78 is 11.4. The van der Waals surface area contributed by atoms with E-state index < -0.39 is 11.8 Å². The predicted octanol–water partition coefficient (Wildman–Crippen LogP) is 3.48. The van der Waals surface area contributed by atoms with Crippen molar-refractivity contribution >= 4 is 5.97 Å². The summed E-state index contributed by atoms with van der Waals surface area (Å²) in [5.74, 6) is 0.206. The lowest BCUT2D eigenvalue weighted by molar-refractivity contribution is -0.141. The van der Waals surface area contributed by atoms with Gasteiger partial charge in [-0.2, -0.15) is 0 Å². The molecule has 0 spiro atoms. The Labute approximate surface area is 119 Å². The zero-order valence-electron chi connectivity index (χ0n) is 12.5. The summed E-state index contributed by atoms with van der Waals surface area (Å²) in [6.45, 7) is 7.59. The number of carbonyl (C=O) groups is 1. The first kappa shape index (κ1) is 14.7. The van der Waals surface area contributed by atoms with Crippen molar-refractivity contribution < 1.29 is 19.4 Å². The summed E-state index contributed by atoms with van der Waals surface area (Å²) in [6.07, 6.45) is 1.52. The topological polar surface area (TPSA) is 55.8 Å². The van der Waals surface area contributed by atoms with Crippen molar-refractivity contribution in [1.82, 2.24) is 0 Å². The summed E-state index contributed by atoms with van der Waals surface area (Å²) in [5.41, 5.74) is 1.15. The van der Waals surface area contributed by atoms with Crippen molar-refractivity contribution in [2.24, 2.45) is 11.8 Å². The van der Waals surface area contributed by atoms with Crippen molar-refractivity contribution in [1.29, 1.82) is 0 Å². The van der Waals surface area contributed by atoms with Gasteiger partial charge < -0.3 is 14.6 Å². The molecule has 110 valence electrons. The zero-order chi connectivity index (χ0) is 14.9. The molecule has 0 saturated heterocycles. The Morgan fingerprint density at radius 2 is 1.90 bits per heavy atom. The first-order valence-corrected chi connectivity index (χ1v) is 7.00. The number of hydrogen-bond acceptors (Lipinski definition) is 3. The molecule has 20 heavy (non-hydrogen) atoms. The Hall–Kier alpha value is -1.71. The van der Waals surface area contributed by atoms with Gasteiger partial charge in [0.15, 0.2) is 11.5 Å². The number of benzene rings is 1. The second kappa shape index (κ2) is 5.35. The smallest absolute Gasteiger partial charge is 0.306 e. The zero-order valence-corrected chi connectivity index (χ0v) is 12.5. The predicted molar refractivity (Wildman–Crippen MR) is 76.1 cm³/mol. The van der Waals surface area contributed by atoms with Gasteiger partial charge in [-0.25, -0.2) is 0 Å². The minimum atomic E-state index is -0.732. The fourth-order valence-electron chi connectivity index (χ4n) is 2.58. The highest BCUT2D eigenvalue weighted by Crippen LogP contribution is 2.40. The molecular formula is C16H22O4. The summed E-state index contributed by atoms with van der Waals surface area (Å²) in [4.78, 5) is 10.9. The Kier molecular flexibility index (Phi) is 3.93. The monoisotopic (exact) mass is 278 g/mol. The molecule has 1 aromatic carbocycles. The number of carboxylic acid groups (broad SMARTS) is 1. The van der Waals surface area contributed by atoms with Crippen LogP contribution in [0.2, 0.25) is 0 Å². The largest absolute Gasteiger partial charge is 0.481 e. The van der Waals surface area contributed by atoms with E-state index in [1.807, 2.05) is 32.0 Å². The first-order valence-electron chi connectivity index (χ1n) is 7.00. The van der Waals surface area contributed by atoms with Crippen molar-refractivity contribution in [2.75, 3.05) is 0 Å². The SMILES string of the molecule is CC(Cc1ccc2c(c1)OC(C)(C)O2)CC(C)C(=O)O. The van der Waals surface area contributed by atoms with Gasteiger partial charge in [-0.3, -0.25) is 4.79 Å². The van der Waals surface area contributed by atoms with E-state index in [0.717, 1.165) is 23.5 Å². The van der Waals surface area contributed by atoms with Gasteiger partial charge >= 0.3 is 5.97 Å². The minimum Gasteiger partial charge on any atom is -0.481 e. The Morgan fingerprint density at radius 3 is 2.55 bits per heavy atom.